The average Bonchev–Trinajstić information content (AvgIpc) is 2.39. The van der Waals surface area contributed by atoms with Crippen LogP contribution in [0.2, 0.25) is 0 Å². The SMILES string of the molecule is NS(=O)(=O)c1cccc2c1OCCCO2. The van der Waals surface area contributed by atoms with Gasteiger partial charge in [-0.3, -0.25) is 0 Å². The van der Waals surface area contributed by atoms with Gasteiger partial charge in [-0.1, -0.05) is 6.07 Å². The lowest BCUT2D eigenvalue weighted by molar-refractivity contribution is 0.294. The summed E-state index contributed by atoms with van der Waals surface area (Å²) in [6, 6.07) is 4.64. The summed E-state index contributed by atoms with van der Waals surface area (Å²) in [6.07, 6.45) is 0.721. The van der Waals surface area contributed by atoms with E-state index < -0.39 is 10.0 Å². The lowest BCUT2D eigenvalue weighted by Crippen LogP contribution is -2.14. The van der Waals surface area contributed by atoms with Crippen LogP contribution in [0.3, 0.4) is 0 Å². The van der Waals surface area contributed by atoms with Gasteiger partial charge in [0.1, 0.15) is 4.90 Å². The van der Waals surface area contributed by atoms with E-state index in [2.05, 4.69) is 0 Å². The molecule has 0 aromatic heterocycles. The first-order valence-corrected chi connectivity index (χ1v) is 6.05. The third-order valence-corrected chi connectivity index (χ3v) is 2.98. The summed E-state index contributed by atoms with van der Waals surface area (Å²) < 4.78 is 33.2. The molecule has 5 nitrogen and oxygen atoms in total. The minimum absolute atomic E-state index is 0.0260. The van der Waals surface area contributed by atoms with Crippen molar-refractivity contribution in [1.29, 1.82) is 0 Å². The first kappa shape index (κ1) is 10.3. The van der Waals surface area contributed by atoms with Crippen LogP contribution in [0, 0.1) is 0 Å². The summed E-state index contributed by atoms with van der Waals surface area (Å²) in [7, 11) is -3.77. The third-order valence-electron chi connectivity index (χ3n) is 2.04. The van der Waals surface area contributed by atoms with E-state index in [0.29, 0.717) is 19.0 Å². The van der Waals surface area contributed by atoms with Crippen molar-refractivity contribution in [2.24, 2.45) is 5.14 Å². The van der Waals surface area contributed by atoms with Crippen LogP contribution >= 0.6 is 0 Å². The van der Waals surface area contributed by atoms with Gasteiger partial charge in [-0.05, 0) is 12.1 Å². The number of rotatable bonds is 1. The molecule has 0 atom stereocenters. The number of sulfonamides is 1. The van der Waals surface area contributed by atoms with Crippen molar-refractivity contribution in [3.8, 4) is 11.5 Å². The third kappa shape index (κ3) is 2.05. The predicted octanol–water partition coefficient (Wildman–Crippen LogP) is 0.495. The molecule has 82 valence electrons. The summed E-state index contributed by atoms with van der Waals surface area (Å²) in [5.41, 5.74) is 0. The van der Waals surface area contributed by atoms with Crippen molar-refractivity contribution in [1.82, 2.24) is 0 Å². The highest BCUT2D eigenvalue weighted by atomic mass is 32.2. The van der Waals surface area contributed by atoms with Gasteiger partial charge in [0.05, 0.1) is 13.2 Å². The van der Waals surface area contributed by atoms with Crippen molar-refractivity contribution < 1.29 is 17.9 Å². The topological polar surface area (TPSA) is 78.6 Å². The second-order valence-electron chi connectivity index (χ2n) is 3.18. The summed E-state index contributed by atoms with van der Waals surface area (Å²) in [6.45, 7) is 0.945. The number of nitrogens with two attached hydrogens (primary N) is 1. The van der Waals surface area contributed by atoms with Crippen LogP contribution in [0.4, 0.5) is 0 Å². The molecule has 0 unspecified atom stereocenters. The molecule has 1 aromatic carbocycles. The van der Waals surface area contributed by atoms with Crippen LogP contribution < -0.4 is 14.6 Å². The molecule has 1 heterocycles. The van der Waals surface area contributed by atoms with Gasteiger partial charge in [-0.15, -0.1) is 0 Å². The van der Waals surface area contributed by atoms with Crippen LogP contribution in [0.1, 0.15) is 6.42 Å². The summed E-state index contributed by atoms with van der Waals surface area (Å²) in [5.74, 6) is 0.650. The van der Waals surface area contributed by atoms with E-state index in [1.165, 1.54) is 6.07 Å². The Kier molecular flexibility index (Phi) is 2.54. The Morgan fingerprint density at radius 1 is 1.20 bits per heavy atom. The largest absolute Gasteiger partial charge is 0.490 e. The molecule has 2 N–H and O–H groups in total. The fourth-order valence-corrected chi connectivity index (χ4v) is 2.08. The van der Waals surface area contributed by atoms with E-state index in [1.54, 1.807) is 12.1 Å². The van der Waals surface area contributed by atoms with Gasteiger partial charge in [0.2, 0.25) is 10.0 Å². The second-order valence-corrected chi connectivity index (χ2v) is 4.71. The first-order valence-electron chi connectivity index (χ1n) is 4.50. The number of fused-ring (bicyclic) bond motifs is 1. The molecule has 0 amide bonds. The molecule has 2 rings (SSSR count). The lowest BCUT2D eigenvalue weighted by Gasteiger charge is -2.10. The Labute approximate surface area is 87.8 Å². The van der Waals surface area contributed by atoms with Crippen molar-refractivity contribution >= 4 is 10.0 Å². The zero-order valence-electron chi connectivity index (χ0n) is 7.97. The molecule has 1 aliphatic rings. The van der Waals surface area contributed by atoms with Gasteiger partial charge in [0.25, 0.3) is 0 Å². The fraction of sp³-hybridized carbons (Fsp3) is 0.333. The zero-order valence-corrected chi connectivity index (χ0v) is 8.79. The van der Waals surface area contributed by atoms with Gasteiger partial charge in [0.15, 0.2) is 11.5 Å². The number of benzene rings is 1. The molecule has 1 aliphatic heterocycles. The second kappa shape index (κ2) is 3.71. The number of para-hydroxylation sites is 1. The van der Waals surface area contributed by atoms with E-state index in [0.717, 1.165) is 6.42 Å². The molecule has 0 aliphatic carbocycles. The van der Waals surface area contributed by atoms with Gasteiger partial charge in [-0.25, -0.2) is 13.6 Å². The molecule has 6 heteroatoms. The van der Waals surface area contributed by atoms with E-state index >= 15 is 0 Å². The van der Waals surface area contributed by atoms with E-state index in [1.807, 2.05) is 0 Å². The molecule has 0 fully saturated rings. The zero-order chi connectivity index (χ0) is 10.9. The van der Waals surface area contributed by atoms with Gasteiger partial charge < -0.3 is 9.47 Å². The van der Waals surface area contributed by atoms with Crippen molar-refractivity contribution in [3.05, 3.63) is 18.2 Å². The summed E-state index contributed by atoms with van der Waals surface area (Å²) >= 11 is 0. The highest BCUT2D eigenvalue weighted by molar-refractivity contribution is 7.89. The highest BCUT2D eigenvalue weighted by Gasteiger charge is 2.20. The minimum Gasteiger partial charge on any atom is -0.490 e. The maximum absolute atomic E-state index is 11.3. The van der Waals surface area contributed by atoms with Gasteiger partial charge >= 0.3 is 0 Å². The summed E-state index contributed by atoms with van der Waals surface area (Å²) in [4.78, 5) is -0.0260. The molecule has 0 radical (unpaired) electrons. The van der Waals surface area contributed by atoms with Crippen molar-refractivity contribution in [3.63, 3.8) is 0 Å². The quantitative estimate of drug-likeness (QED) is 0.760. The van der Waals surface area contributed by atoms with Crippen LogP contribution in [0.25, 0.3) is 0 Å². The average molecular weight is 229 g/mol. The van der Waals surface area contributed by atoms with Crippen molar-refractivity contribution in [2.45, 2.75) is 11.3 Å². The Balaban J connectivity index is 2.58. The van der Waals surface area contributed by atoms with E-state index in [4.69, 9.17) is 14.6 Å². The van der Waals surface area contributed by atoms with Crippen LogP contribution in [-0.2, 0) is 10.0 Å². The molecule has 0 saturated carbocycles. The molecular formula is C9H11NO4S. The molecular weight excluding hydrogens is 218 g/mol. The van der Waals surface area contributed by atoms with Crippen LogP contribution in [-0.4, -0.2) is 21.6 Å². The Bertz CT molecular complexity index is 469. The maximum atomic E-state index is 11.3. The monoisotopic (exact) mass is 229 g/mol. The minimum atomic E-state index is -3.77. The van der Waals surface area contributed by atoms with Gasteiger partial charge in [0, 0.05) is 6.42 Å². The van der Waals surface area contributed by atoms with Crippen LogP contribution in [0.5, 0.6) is 11.5 Å². The molecule has 15 heavy (non-hydrogen) atoms. The van der Waals surface area contributed by atoms with E-state index in [9.17, 15) is 8.42 Å². The number of hydrogen-bond donors (Lipinski definition) is 1. The number of hydrogen-bond acceptors (Lipinski definition) is 4. The van der Waals surface area contributed by atoms with E-state index in [-0.39, 0.29) is 10.6 Å². The van der Waals surface area contributed by atoms with Gasteiger partial charge in [-0.2, -0.15) is 0 Å². The van der Waals surface area contributed by atoms with Crippen LogP contribution in [0.15, 0.2) is 23.1 Å². The molecule has 0 spiro atoms. The molecule has 0 bridgehead atoms. The molecule has 1 aromatic rings. The lowest BCUT2D eigenvalue weighted by atomic mass is 10.3. The normalized spacial score (nSPS) is 15.8. The Morgan fingerprint density at radius 3 is 2.67 bits per heavy atom. The maximum Gasteiger partial charge on any atom is 0.241 e. The smallest absolute Gasteiger partial charge is 0.241 e. The molecule has 0 saturated heterocycles. The number of ether oxygens (including phenoxy) is 2. The highest BCUT2D eigenvalue weighted by Crippen LogP contribution is 2.35. The standard InChI is InChI=1S/C9H11NO4S/c10-15(11,12)8-4-1-3-7-9(8)14-6-2-5-13-7/h1,3-4H,2,5-6H2,(H2,10,11,12). The first-order chi connectivity index (χ1) is 7.09. The summed E-state index contributed by atoms with van der Waals surface area (Å²) in [5, 5.41) is 5.07. The Morgan fingerprint density at radius 2 is 1.93 bits per heavy atom. The Hall–Kier alpha value is -1.27. The fourth-order valence-electron chi connectivity index (χ4n) is 1.39. The number of primary sulfonamides is 1. The van der Waals surface area contributed by atoms with Crippen molar-refractivity contribution in [2.75, 3.05) is 13.2 Å². The predicted molar refractivity (Wildman–Crippen MR) is 53.4 cm³/mol.